The number of halogens is 1. The molecule has 0 radical (unpaired) electrons. The van der Waals surface area contributed by atoms with Gasteiger partial charge in [0.2, 0.25) is 0 Å². The van der Waals surface area contributed by atoms with Gasteiger partial charge in [0.25, 0.3) is 0 Å². The number of aryl methyl sites for hydroxylation is 1. The van der Waals surface area contributed by atoms with Gasteiger partial charge in [-0.3, -0.25) is 9.89 Å². The second-order valence-corrected chi connectivity index (χ2v) is 8.38. The Hall–Kier alpha value is -2.90. The van der Waals surface area contributed by atoms with Crippen molar-refractivity contribution in [3.05, 3.63) is 35.5 Å². The fraction of sp³-hybridized carbons (Fsp3) is 0.476. The number of nitrogens with zero attached hydrogens (tertiary/aromatic N) is 4. The van der Waals surface area contributed by atoms with Gasteiger partial charge in [0.1, 0.15) is 5.69 Å². The molecule has 2 bridgehead atoms. The van der Waals surface area contributed by atoms with Crippen LogP contribution in [0.1, 0.15) is 36.9 Å². The number of nitrogens with one attached hydrogen (secondary N) is 1. The first-order valence-corrected chi connectivity index (χ1v) is 10.1. The number of aromatic nitrogens is 5. The molecule has 0 saturated heterocycles. The largest absolute Gasteiger partial charge is 0.481 e. The monoisotopic (exact) mass is 395 g/mol. The van der Waals surface area contributed by atoms with E-state index in [0.29, 0.717) is 29.5 Å². The molecule has 3 saturated carbocycles. The zero-order chi connectivity index (χ0) is 20.1. The standard InChI is InChI=1S/C21H22FN5O2/c1-10-6-14-18(26-27-19(14)23-8-10)20-24-9-15(22)16(25-20)7-13-11-2-4-12(5-3-11)17(13)21(28)29/h6,8-9,11-13,17H,2-5,7H2,1H3,(H,28,29)(H,23,26,27)/t11?,12?,13-,17-/m0/s1. The van der Waals surface area contributed by atoms with Crippen molar-refractivity contribution in [2.75, 3.05) is 0 Å². The quantitative estimate of drug-likeness (QED) is 0.700. The van der Waals surface area contributed by atoms with E-state index in [1.165, 1.54) is 6.20 Å². The number of rotatable bonds is 4. The van der Waals surface area contributed by atoms with Crippen LogP contribution in [0.3, 0.4) is 0 Å². The lowest BCUT2D eigenvalue weighted by Gasteiger charge is -2.46. The Morgan fingerprint density at radius 2 is 1.97 bits per heavy atom. The van der Waals surface area contributed by atoms with Crippen molar-refractivity contribution < 1.29 is 14.3 Å². The van der Waals surface area contributed by atoms with Gasteiger partial charge in [-0.1, -0.05) is 0 Å². The summed E-state index contributed by atoms with van der Waals surface area (Å²) in [6.07, 6.45) is 7.19. The molecular weight excluding hydrogens is 373 g/mol. The number of carboxylic acids is 1. The number of pyridine rings is 1. The topological polar surface area (TPSA) is 105 Å². The maximum Gasteiger partial charge on any atom is 0.307 e. The molecule has 0 aliphatic heterocycles. The second kappa shape index (κ2) is 6.86. The fourth-order valence-corrected chi connectivity index (χ4v) is 5.32. The Bertz CT molecular complexity index is 1090. The molecule has 2 atom stereocenters. The van der Waals surface area contributed by atoms with E-state index in [4.69, 9.17) is 0 Å². The molecule has 3 heterocycles. The highest BCUT2D eigenvalue weighted by molar-refractivity contribution is 5.88. The van der Waals surface area contributed by atoms with Crippen molar-refractivity contribution in [1.29, 1.82) is 0 Å². The third kappa shape index (κ3) is 3.07. The number of hydrogen-bond acceptors (Lipinski definition) is 5. The third-order valence-electron chi connectivity index (χ3n) is 6.69. The number of aliphatic carboxylic acids is 1. The Kier molecular flexibility index (Phi) is 4.29. The fourth-order valence-electron chi connectivity index (χ4n) is 5.32. The summed E-state index contributed by atoms with van der Waals surface area (Å²) in [5.74, 6) is -0.891. The zero-order valence-corrected chi connectivity index (χ0v) is 16.1. The molecule has 3 fully saturated rings. The summed E-state index contributed by atoms with van der Waals surface area (Å²) in [4.78, 5) is 24.8. The first-order valence-electron chi connectivity index (χ1n) is 10.1. The van der Waals surface area contributed by atoms with Gasteiger partial charge >= 0.3 is 5.97 Å². The van der Waals surface area contributed by atoms with Crippen LogP contribution in [0, 0.1) is 36.4 Å². The molecule has 3 aromatic heterocycles. The molecule has 0 spiro atoms. The predicted octanol–water partition coefficient (Wildman–Crippen LogP) is 3.54. The SMILES string of the molecule is Cc1cnc2n[nH]c(-c3ncc(F)c(C[C@H]4C5CCC(CC5)[C@@H]4C(=O)O)n3)c2c1. The van der Waals surface area contributed by atoms with Gasteiger partial charge in [-0.05, 0) is 68.4 Å². The maximum absolute atomic E-state index is 14.6. The minimum Gasteiger partial charge on any atom is -0.481 e. The van der Waals surface area contributed by atoms with E-state index in [2.05, 4.69) is 25.1 Å². The number of fused-ring (bicyclic) bond motifs is 4. The average Bonchev–Trinajstić information content (AvgIpc) is 3.13. The van der Waals surface area contributed by atoms with Crippen molar-refractivity contribution in [2.24, 2.45) is 23.7 Å². The lowest BCUT2D eigenvalue weighted by molar-refractivity contribution is -0.152. The minimum atomic E-state index is -0.764. The van der Waals surface area contributed by atoms with Gasteiger partial charge in [0, 0.05) is 6.20 Å². The highest BCUT2D eigenvalue weighted by Gasteiger charge is 2.47. The molecule has 6 rings (SSSR count). The van der Waals surface area contributed by atoms with Crippen LogP contribution < -0.4 is 0 Å². The first-order chi connectivity index (χ1) is 14.0. The minimum absolute atomic E-state index is 0.0836. The van der Waals surface area contributed by atoms with Crippen LogP contribution in [0.4, 0.5) is 4.39 Å². The smallest absolute Gasteiger partial charge is 0.307 e. The highest BCUT2D eigenvalue weighted by atomic mass is 19.1. The summed E-state index contributed by atoms with van der Waals surface area (Å²) < 4.78 is 14.6. The molecule has 0 aromatic carbocycles. The van der Waals surface area contributed by atoms with E-state index >= 15 is 0 Å². The maximum atomic E-state index is 14.6. The number of hydrogen-bond donors (Lipinski definition) is 2. The number of carboxylic acid groups (broad SMARTS) is 1. The summed E-state index contributed by atoms with van der Waals surface area (Å²) in [5.41, 5.74) is 2.40. The van der Waals surface area contributed by atoms with Crippen molar-refractivity contribution in [3.8, 4) is 11.5 Å². The average molecular weight is 395 g/mol. The highest BCUT2D eigenvalue weighted by Crippen LogP contribution is 2.50. The molecule has 3 aliphatic carbocycles. The summed E-state index contributed by atoms with van der Waals surface area (Å²) in [7, 11) is 0. The van der Waals surface area contributed by atoms with E-state index < -0.39 is 17.7 Å². The van der Waals surface area contributed by atoms with Gasteiger partial charge < -0.3 is 5.11 Å². The van der Waals surface area contributed by atoms with Gasteiger partial charge in [-0.15, -0.1) is 0 Å². The van der Waals surface area contributed by atoms with Crippen LogP contribution >= 0.6 is 0 Å². The zero-order valence-electron chi connectivity index (χ0n) is 16.1. The van der Waals surface area contributed by atoms with Gasteiger partial charge in [0.05, 0.1) is 23.2 Å². The summed E-state index contributed by atoms with van der Waals surface area (Å²) in [6, 6.07) is 1.94. The van der Waals surface area contributed by atoms with Crippen molar-refractivity contribution in [3.63, 3.8) is 0 Å². The van der Waals surface area contributed by atoms with Crippen LogP contribution in [0.15, 0.2) is 18.5 Å². The normalized spacial score (nSPS) is 26.1. The number of carbonyl (C=O) groups is 1. The van der Waals surface area contributed by atoms with E-state index in [0.717, 1.165) is 36.6 Å². The molecule has 2 N–H and O–H groups in total. The number of aromatic amines is 1. The van der Waals surface area contributed by atoms with Gasteiger partial charge in [0.15, 0.2) is 17.3 Å². The Balaban J connectivity index is 1.51. The predicted molar refractivity (Wildman–Crippen MR) is 103 cm³/mol. The van der Waals surface area contributed by atoms with Gasteiger partial charge in [-0.25, -0.2) is 19.3 Å². The van der Waals surface area contributed by atoms with Crippen LogP contribution in [-0.2, 0) is 11.2 Å². The molecule has 0 unspecified atom stereocenters. The van der Waals surface area contributed by atoms with Crippen molar-refractivity contribution in [2.45, 2.75) is 39.0 Å². The summed E-state index contributed by atoms with van der Waals surface area (Å²) >= 11 is 0. The summed E-state index contributed by atoms with van der Waals surface area (Å²) in [6.45, 7) is 1.93. The molecule has 7 nitrogen and oxygen atoms in total. The molecule has 3 aromatic rings. The molecule has 150 valence electrons. The van der Waals surface area contributed by atoms with E-state index in [-0.39, 0.29) is 17.5 Å². The van der Waals surface area contributed by atoms with E-state index in [1.54, 1.807) is 6.20 Å². The van der Waals surface area contributed by atoms with Gasteiger partial charge in [-0.2, -0.15) is 5.10 Å². The Morgan fingerprint density at radius 3 is 2.72 bits per heavy atom. The Morgan fingerprint density at radius 1 is 1.21 bits per heavy atom. The van der Waals surface area contributed by atoms with Crippen LogP contribution in [0.2, 0.25) is 0 Å². The third-order valence-corrected chi connectivity index (χ3v) is 6.69. The lowest BCUT2D eigenvalue weighted by Crippen LogP contribution is -2.45. The molecule has 0 amide bonds. The lowest BCUT2D eigenvalue weighted by atomic mass is 9.57. The van der Waals surface area contributed by atoms with Crippen LogP contribution in [0.25, 0.3) is 22.6 Å². The second-order valence-electron chi connectivity index (χ2n) is 8.38. The van der Waals surface area contributed by atoms with Crippen molar-refractivity contribution in [1.82, 2.24) is 25.1 Å². The summed E-state index contributed by atoms with van der Waals surface area (Å²) in [5, 5.41) is 17.7. The molecule has 3 aliphatic rings. The molecule has 29 heavy (non-hydrogen) atoms. The Labute approximate surface area is 166 Å². The van der Waals surface area contributed by atoms with Crippen LogP contribution in [-0.4, -0.2) is 36.2 Å². The van der Waals surface area contributed by atoms with E-state index in [1.807, 2.05) is 13.0 Å². The van der Waals surface area contributed by atoms with Crippen molar-refractivity contribution >= 4 is 17.0 Å². The molecule has 8 heteroatoms. The number of H-pyrrole nitrogens is 1. The first kappa shape index (κ1) is 18.1. The van der Waals surface area contributed by atoms with Crippen LogP contribution in [0.5, 0.6) is 0 Å². The van der Waals surface area contributed by atoms with E-state index in [9.17, 15) is 14.3 Å². The molecular formula is C21H22FN5O2.